The van der Waals surface area contributed by atoms with Gasteiger partial charge in [-0.3, -0.25) is 9.13 Å². The van der Waals surface area contributed by atoms with Crippen LogP contribution in [0.25, 0.3) is 122 Å². The van der Waals surface area contributed by atoms with Crippen LogP contribution in [0.3, 0.4) is 0 Å². The van der Waals surface area contributed by atoms with Gasteiger partial charge in [-0.1, -0.05) is 146 Å². The molecule has 0 bridgehead atoms. The summed E-state index contributed by atoms with van der Waals surface area (Å²) in [5.41, 5.74) is 11.9. The van der Waals surface area contributed by atoms with Crippen molar-refractivity contribution in [2.24, 2.45) is 0 Å². The molecule has 0 aliphatic rings. The van der Waals surface area contributed by atoms with Crippen LogP contribution in [0.1, 0.15) is 0 Å². The Balaban J connectivity index is 1.13. The van der Waals surface area contributed by atoms with Crippen LogP contribution < -0.4 is 0 Å². The van der Waals surface area contributed by atoms with Gasteiger partial charge in [0.1, 0.15) is 11.6 Å². The number of fused-ring (bicyclic) bond motifs is 12. The fourth-order valence-electron chi connectivity index (χ4n) is 10.5. The Labute approximate surface area is 366 Å². The van der Waals surface area contributed by atoms with Crippen LogP contribution in [0, 0.1) is 0 Å². The second kappa shape index (κ2) is 13.4. The average molecular weight is 817 g/mol. The van der Waals surface area contributed by atoms with Crippen molar-refractivity contribution < 1.29 is 0 Å². The molecule has 0 fully saturated rings. The van der Waals surface area contributed by atoms with Crippen molar-refractivity contribution in [2.45, 2.75) is 0 Å². The Bertz CT molecular complexity index is 3870. The second-order valence-electron chi connectivity index (χ2n) is 16.6. The van der Waals surface area contributed by atoms with E-state index in [4.69, 9.17) is 9.97 Å². The summed E-state index contributed by atoms with van der Waals surface area (Å²) < 4.78 is 9.42. The van der Waals surface area contributed by atoms with E-state index in [0.717, 1.165) is 72.7 Å². The molecule has 0 aliphatic carbocycles. The molecule has 0 amide bonds. The lowest BCUT2D eigenvalue weighted by Gasteiger charge is -2.18. The van der Waals surface area contributed by atoms with E-state index >= 15 is 0 Å². The van der Waals surface area contributed by atoms with Gasteiger partial charge in [0.15, 0.2) is 5.82 Å². The number of para-hydroxylation sites is 8. The molecule has 6 nitrogen and oxygen atoms in total. The van der Waals surface area contributed by atoms with E-state index in [1.807, 2.05) is 0 Å². The minimum atomic E-state index is 0.627. The third-order valence-electron chi connectivity index (χ3n) is 13.2. The number of hydrogen-bond donors (Lipinski definition) is 0. The van der Waals surface area contributed by atoms with Crippen molar-refractivity contribution in [3.8, 4) is 34.4 Å². The molecule has 6 heteroatoms. The second-order valence-corrected chi connectivity index (χ2v) is 16.6. The molecule has 0 radical (unpaired) electrons. The Morgan fingerprint density at radius 3 is 0.859 bits per heavy atom. The van der Waals surface area contributed by atoms with Gasteiger partial charge < -0.3 is 9.13 Å². The number of nitrogens with zero attached hydrogens (tertiary/aromatic N) is 6. The minimum Gasteiger partial charge on any atom is -0.309 e. The zero-order chi connectivity index (χ0) is 41.9. The highest BCUT2D eigenvalue weighted by molar-refractivity contribution is 6.12. The summed E-state index contributed by atoms with van der Waals surface area (Å²) in [6, 6.07) is 78.3. The zero-order valence-electron chi connectivity index (χ0n) is 34.5. The summed E-state index contributed by atoms with van der Waals surface area (Å²) >= 11 is 0. The monoisotopic (exact) mass is 816 g/mol. The van der Waals surface area contributed by atoms with Crippen molar-refractivity contribution in [1.29, 1.82) is 0 Å². The standard InChI is InChI=1S/C58H36N6/c1-9-25-47-38(17-1)39-18-2-10-26-48(39)61(47)37-33-34-46(55(35-37)62-49-27-11-3-19-40(49)41-20-4-12-28-50(41)62)58-59-56(63-51-29-13-5-21-42(51)43-22-6-14-30-52(43)63)36-57(60-58)64-53-31-15-7-23-44(53)45-24-8-16-32-54(45)64/h1-36H. The Hall–Kier alpha value is -8.74. The molecule has 14 rings (SSSR count). The van der Waals surface area contributed by atoms with E-state index in [2.05, 4.69) is 237 Å². The lowest BCUT2D eigenvalue weighted by Crippen LogP contribution is -2.08. The van der Waals surface area contributed by atoms with Crippen LogP contribution in [-0.4, -0.2) is 28.2 Å². The Kier molecular flexibility index (Phi) is 7.30. The van der Waals surface area contributed by atoms with Crippen LogP contribution in [0.4, 0.5) is 0 Å². The van der Waals surface area contributed by atoms with Crippen molar-refractivity contribution in [3.63, 3.8) is 0 Å². The van der Waals surface area contributed by atoms with Crippen molar-refractivity contribution in [2.75, 3.05) is 0 Å². The van der Waals surface area contributed by atoms with Crippen molar-refractivity contribution in [3.05, 3.63) is 218 Å². The van der Waals surface area contributed by atoms with Crippen LogP contribution in [-0.2, 0) is 0 Å². The molecule has 5 aromatic heterocycles. The molecule has 0 saturated heterocycles. The predicted molar refractivity (Wildman–Crippen MR) is 265 cm³/mol. The van der Waals surface area contributed by atoms with Crippen molar-refractivity contribution in [1.82, 2.24) is 28.2 Å². The lowest BCUT2D eigenvalue weighted by molar-refractivity contribution is 0.990. The van der Waals surface area contributed by atoms with E-state index in [0.29, 0.717) is 5.82 Å². The average Bonchev–Trinajstić information content (AvgIpc) is 4.09. The summed E-state index contributed by atoms with van der Waals surface area (Å²) in [6.07, 6.45) is 0. The van der Waals surface area contributed by atoms with E-state index < -0.39 is 0 Å². The first-order valence-electron chi connectivity index (χ1n) is 21.8. The largest absolute Gasteiger partial charge is 0.309 e. The first-order valence-corrected chi connectivity index (χ1v) is 21.8. The molecule has 64 heavy (non-hydrogen) atoms. The highest BCUT2D eigenvalue weighted by Crippen LogP contribution is 2.41. The van der Waals surface area contributed by atoms with Crippen LogP contribution in [0.15, 0.2) is 218 Å². The first kappa shape index (κ1) is 34.9. The maximum atomic E-state index is 5.66. The molecular formula is C58H36N6. The molecular weight excluding hydrogens is 781 g/mol. The summed E-state index contributed by atoms with van der Waals surface area (Å²) in [5.74, 6) is 2.21. The van der Waals surface area contributed by atoms with Gasteiger partial charge in [-0.2, -0.15) is 0 Å². The molecule has 0 unspecified atom stereocenters. The van der Waals surface area contributed by atoms with Crippen LogP contribution >= 0.6 is 0 Å². The molecule has 0 N–H and O–H groups in total. The van der Waals surface area contributed by atoms with Gasteiger partial charge in [-0.25, -0.2) is 9.97 Å². The SMILES string of the molecule is c1ccc2c(c1)c1ccccc1n2-c1ccc(-c2nc(-n3c4ccccc4c4ccccc43)cc(-n3c4ccccc4c4ccccc43)n2)c(-n2c3ccccc3c3ccccc32)c1. The van der Waals surface area contributed by atoms with Crippen LogP contribution in [0.2, 0.25) is 0 Å². The lowest BCUT2D eigenvalue weighted by atomic mass is 10.1. The molecule has 0 saturated carbocycles. The van der Waals surface area contributed by atoms with E-state index in [1.54, 1.807) is 0 Å². The maximum absolute atomic E-state index is 5.66. The molecule has 0 atom stereocenters. The summed E-state index contributed by atoms with van der Waals surface area (Å²) in [6.45, 7) is 0. The number of aromatic nitrogens is 6. The van der Waals surface area contributed by atoms with Gasteiger partial charge in [0.05, 0.1) is 49.8 Å². The number of hydrogen-bond acceptors (Lipinski definition) is 2. The number of rotatable bonds is 5. The zero-order valence-corrected chi connectivity index (χ0v) is 34.5. The fourth-order valence-corrected chi connectivity index (χ4v) is 10.5. The van der Waals surface area contributed by atoms with E-state index in [1.165, 1.54) is 43.1 Å². The van der Waals surface area contributed by atoms with Gasteiger partial charge in [-0.05, 0) is 66.7 Å². The molecule has 298 valence electrons. The fraction of sp³-hybridized carbons (Fsp3) is 0. The Morgan fingerprint density at radius 2 is 0.531 bits per heavy atom. The molecule has 9 aromatic carbocycles. The summed E-state index contributed by atoms with van der Waals surface area (Å²) in [7, 11) is 0. The van der Waals surface area contributed by atoms with E-state index in [9.17, 15) is 0 Å². The molecule has 5 heterocycles. The quantitative estimate of drug-likeness (QED) is 0.174. The highest BCUT2D eigenvalue weighted by Gasteiger charge is 2.23. The Morgan fingerprint density at radius 1 is 0.250 bits per heavy atom. The third-order valence-corrected chi connectivity index (χ3v) is 13.2. The van der Waals surface area contributed by atoms with Gasteiger partial charge in [-0.15, -0.1) is 0 Å². The molecule has 14 aromatic rings. The molecule has 0 aliphatic heterocycles. The highest BCUT2D eigenvalue weighted by atomic mass is 15.2. The third kappa shape index (κ3) is 4.90. The summed E-state index contributed by atoms with van der Waals surface area (Å²) in [5, 5.41) is 9.54. The van der Waals surface area contributed by atoms with Gasteiger partial charge in [0.25, 0.3) is 0 Å². The summed E-state index contributed by atoms with van der Waals surface area (Å²) in [4.78, 5) is 11.3. The molecule has 0 spiro atoms. The van der Waals surface area contributed by atoms with E-state index in [-0.39, 0.29) is 0 Å². The topological polar surface area (TPSA) is 45.5 Å². The number of benzene rings is 9. The van der Waals surface area contributed by atoms with Gasteiger partial charge in [0.2, 0.25) is 0 Å². The van der Waals surface area contributed by atoms with Crippen LogP contribution in [0.5, 0.6) is 0 Å². The van der Waals surface area contributed by atoms with Gasteiger partial charge >= 0.3 is 0 Å². The minimum absolute atomic E-state index is 0.627. The smallest absolute Gasteiger partial charge is 0.166 e. The maximum Gasteiger partial charge on any atom is 0.166 e. The predicted octanol–water partition coefficient (Wildman–Crippen LogP) is 14.5. The van der Waals surface area contributed by atoms with Gasteiger partial charge in [0, 0.05) is 60.4 Å². The van der Waals surface area contributed by atoms with Crippen molar-refractivity contribution >= 4 is 87.2 Å². The normalized spacial score (nSPS) is 12.1. The first-order chi connectivity index (χ1) is 31.8.